The number of amides is 1. The van der Waals surface area contributed by atoms with E-state index in [2.05, 4.69) is 10.2 Å². The SMILES string of the molecule is CCOc1c(Cl)cc(C=CC(=O)NCCCN2CCOCC2)cc1OC. The van der Waals surface area contributed by atoms with E-state index < -0.39 is 0 Å². The van der Waals surface area contributed by atoms with Crippen LogP contribution in [0.15, 0.2) is 18.2 Å². The molecular formula is C19H27ClN2O4. The molecule has 26 heavy (non-hydrogen) atoms. The summed E-state index contributed by atoms with van der Waals surface area (Å²) >= 11 is 6.23. The average molecular weight is 383 g/mol. The van der Waals surface area contributed by atoms with Gasteiger partial charge in [0, 0.05) is 25.7 Å². The van der Waals surface area contributed by atoms with Gasteiger partial charge in [-0.15, -0.1) is 0 Å². The summed E-state index contributed by atoms with van der Waals surface area (Å²) in [5, 5.41) is 3.35. The summed E-state index contributed by atoms with van der Waals surface area (Å²) in [4.78, 5) is 14.3. The Bertz CT molecular complexity index is 616. The molecule has 1 heterocycles. The highest BCUT2D eigenvalue weighted by molar-refractivity contribution is 6.32. The Kier molecular flexibility index (Phi) is 8.74. The molecule has 0 bridgehead atoms. The van der Waals surface area contributed by atoms with Crippen LogP contribution in [0.3, 0.4) is 0 Å². The average Bonchev–Trinajstić information content (AvgIpc) is 2.66. The van der Waals surface area contributed by atoms with Crippen molar-refractivity contribution < 1.29 is 19.0 Å². The molecule has 1 aliphatic heterocycles. The van der Waals surface area contributed by atoms with E-state index >= 15 is 0 Å². The quantitative estimate of drug-likeness (QED) is 0.525. The fourth-order valence-electron chi connectivity index (χ4n) is 2.69. The van der Waals surface area contributed by atoms with E-state index in [1.54, 1.807) is 25.3 Å². The van der Waals surface area contributed by atoms with Crippen LogP contribution in [-0.2, 0) is 9.53 Å². The van der Waals surface area contributed by atoms with Crippen molar-refractivity contribution in [3.05, 3.63) is 28.8 Å². The van der Waals surface area contributed by atoms with Crippen molar-refractivity contribution in [1.82, 2.24) is 10.2 Å². The first kappa shape index (κ1) is 20.6. The fourth-order valence-corrected chi connectivity index (χ4v) is 2.96. The van der Waals surface area contributed by atoms with Gasteiger partial charge in [-0.3, -0.25) is 9.69 Å². The van der Waals surface area contributed by atoms with Crippen LogP contribution >= 0.6 is 11.6 Å². The van der Waals surface area contributed by atoms with Crippen LogP contribution in [0, 0.1) is 0 Å². The van der Waals surface area contributed by atoms with Crippen molar-refractivity contribution in [2.75, 3.05) is 53.1 Å². The largest absolute Gasteiger partial charge is 0.493 e. The van der Waals surface area contributed by atoms with Gasteiger partial charge in [0.25, 0.3) is 0 Å². The smallest absolute Gasteiger partial charge is 0.243 e. The summed E-state index contributed by atoms with van der Waals surface area (Å²) in [6.07, 6.45) is 4.13. The molecule has 6 nitrogen and oxygen atoms in total. The Morgan fingerprint density at radius 2 is 2.15 bits per heavy atom. The van der Waals surface area contributed by atoms with Crippen LogP contribution in [0.25, 0.3) is 6.08 Å². The molecule has 0 spiro atoms. The predicted molar refractivity (Wildman–Crippen MR) is 103 cm³/mol. The standard InChI is InChI=1S/C19H27ClN2O4/c1-3-26-19-16(20)13-15(14-17(19)24-2)5-6-18(23)21-7-4-8-22-9-11-25-12-10-22/h5-6,13-14H,3-4,7-12H2,1-2H3,(H,21,23). The summed E-state index contributed by atoms with van der Waals surface area (Å²) in [7, 11) is 1.56. The van der Waals surface area contributed by atoms with E-state index in [4.69, 9.17) is 25.8 Å². The van der Waals surface area contributed by atoms with Gasteiger partial charge in [-0.05, 0) is 43.7 Å². The van der Waals surface area contributed by atoms with Crippen molar-refractivity contribution >= 4 is 23.6 Å². The number of nitrogens with zero attached hydrogens (tertiary/aromatic N) is 1. The number of nitrogens with one attached hydrogen (secondary N) is 1. The number of halogens is 1. The Morgan fingerprint density at radius 3 is 2.85 bits per heavy atom. The maximum absolute atomic E-state index is 12.0. The maximum atomic E-state index is 12.0. The monoisotopic (exact) mass is 382 g/mol. The lowest BCUT2D eigenvalue weighted by molar-refractivity contribution is -0.116. The van der Waals surface area contributed by atoms with Crippen LogP contribution in [0.2, 0.25) is 5.02 Å². The summed E-state index contributed by atoms with van der Waals surface area (Å²) in [5.41, 5.74) is 0.777. The van der Waals surface area contributed by atoms with Crippen LogP contribution in [0.5, 0.6) is 11.5 Å². The summed E-state index contributed by atoms with van der Waals surface area (Å²) in [6, 6.07) is 3.54. The number of methoxy groups -OCH3 is 1. The topological polar surface area (TPSA) is 60.0 Å². The van der Waals surface area contributed by atoms with Gasteiger partial charge >= 0.3 is 0 Å². The number of carbonyl (C=O) groups is 1. The fraction of sp³-hybridized carbons (Fsp3) is 0.526. The van der Waals surface area contributed by atoms with Crippen LogP contribution in [-0.4, -0.2) is 63.9 Å². The molecule has 0 atom stereocenters. The lowest BCUT2D eigenvalue weighted by Crippen LogP contribution is -2.38. The molecule has 1 N–H and O–H groups in total. The van der Waals surface area contributed by atoms with Crippen LogP contribution < -0.4 is 14.8 Å². The first-order valence-electron chi connectivity index (χ1n) is 8.90. The minimum atomic E-state index is -0.129. The highest BCUT2D eigenvalue weighted by atomic mass is 35.5. The minimum absolute atomic E-state index is 0.129. The van der Waals surface area contributed by atoms with E-state index in [0.717, 1.165) is 44.8 Å². The first-order chi connectivity index (χ1) is 12.6. The first-order valence-corrected chi connectivity index (χ1v) is 9.28. The molecule has 1 fully saturated rings. The molecule has 0 saturated carbocycles. The van der Waals surface area contributed by atoms with Crippen LogP contribution in [0.4, 0.5) is 0 Å². The molecule has 144 valence electrons. The van der Waals surface area contributed by atoms with Crippen molar-refractivity contribution in [1.29, 1.82) is 0 Å². The zero-order valence-corrected chi connectivity index (χ0v) is 16.2. The third-order valence-corrected chi connectivity index (χ3v) is 4.30. The van der Waals surface area contributed by atoms with Gasteiger partial charge in [-0.1, -0.05) is 11.6 Å². The number of hydrogen-bond acceptors (Lipinski definition) is 5. The number of hydrogen-bond donors (Lipinski definition) is 1. The second-order valence-corrected chi connectivity index (χ2v) is 6.31. The highest BCUT2D eigenvalue weighted by Crippen LogP contribution is 2.36. The molecule has 0 aromatic heterocycles. The van der Waals surface area contributed by atoms with E-state index in [0.29, 0.717) is 29.7 Å². The zero-order valence-electron chi connectivity index (χ0n) is 15.4. The van der Waals surface area contributed by atoms with Gasteiger partial charge in [0.2, 0.25) is 5.91 Å². The van der Waals surface area contributed by atoms with E-state index in [1.165, 1.54) is 6.08 Å². The van der Waals surface area contributed by atoms with Crippen molar-refractivity contribution in [2.45, 2.75) is 13.3 Å². The Hall–Kier alpha value is -1.76. The van der Waals surface area contributed by atoms with E-state index in [-0.39, 0.29) is 5.91 Å². The second kappa shape index (κ2) is 11.1. The zero-order chi connectivity index (χ0) is 18.8. The van der Waals surface area contributed by atoms with E-state index in [9.17, 15) is 4.79 Å². The molecule has 0 unspecified atom stereocenters. The highest BCUT2D eigenvalue weighted by Gasteiger charge is 2.11. The molecule has 7 heteroatoms. The second-order valence-electron chi connectivity index (χ2n) is 5.90. The molecule has 1 saturated heterocycles. The molecule has 1 aromatic rings. The normalized spacial score (nSPS) is 15.2. The van der Waals surface area contributed by atoms with Crippen LogP contribution in [0.1, 0.15) is 18.9 Å². The van der Waals surface area contributed by atoms with Crippen molar-refractivity contribution in [3.63, 3.8) is 0 Å². The molecule has 0 radical (unpaired) electrons. The Labute approximate surface area is 160 Å². The third kappa shape index (κ3) is 6.52. The molecule has 1 amide bonds. The Balaban J connectivity index is 1.80. The number of ether oxygens (including phenoxy) is 3. The minimum Gasteiger partial charge on any atom is -0.493 e. The summed E-state index contributed by atoms with van der Waals surface area (Å²) < 4.78 is 16.1. The molecular weight excluding hydrogens is 356 g/mol. The van der Waals surface area contributed by atoms with Gasteiger partial charge in [0.15, 0.2) is 11.5 Å². The van der Waals surface area contributed by atoms with Crippen molar-refractivity contribution in [3.8, 4) is 11.5 Å². The van der Waals surface area contributed by atoms with Gasteiger partial charge in [0.05, 0.1) is 32.0 Å². The van der Waals surface area contributed by atoms with Gasteiger partial charge < -0.3 is 19.5 Å². The Morgan fingerprint density at radius 1 is 1.38 bits per heavy atom. The lowest BCUT2D eigenvalue weighted by atomic mass is 10.2. The lowest BCUT2D eigenvalue weighted by Gasteiger charge is -2.26. The molecule has 1 aromatic carbocycles. The number of benzene rings is 1. The van der Waals surface area contributed by atoms with Gasteiger partial charge in [0.1, 0.15) is 0 Å². The summed E-state index contributed by atoms with van der Waals surface area (Å²) in [5.74, 6) is 0.933. The molecule has 1 aliphatic rings. The predicted octanol–water partition coefficient (Wildman–Crippen LogP) is 2.60. The van der Waals surface area contributed by atoms with Crippen molar-refractivity contribution in [2.24, 2.45) is 0 Å². The number of carbonyl (C=O) groups excluding carboxylic acids is 1. The maximum Gasteiger partial charge on any atom is 0.243 e. The van der Waals surface area contributed by atoms with E-state index in [1.807, 2.05) is 6.92 Å². The number of morpholine rings is 1. The molecule has 0 aliphatic carbocycles. The number of rotatable bonds is 9. The van der Waals surface area contributed by atoms with Gasteiger partial charge in [-0.25, -0.2) is 0 Å². The third-order valence-electron chi connectivity index (χ3n) is 4.02. The summed E-state index contributed by atoms with van der Waals surface area (Å²) in [6.45, 7) is 7.52. The molecule has 2 rings (SSSR count). The van der Waals surface area contributed by atoms with Gasteiger partial charge in [-0.2, -0.15) is 0 Å².